The van der Waals surface area contributed by atoms with E-state index in [1.807, 2.05) is 24.3 Å². The first-order valence-electron chi connectivity index (χ1n) is 6.18. The Kier molecular flexibility index (Phi) is 4.30. The highest BCUT2D eigenvalue weighted by Crippen LogP contribution is 2.18. The van der Waals surface area contributed by atoms with Gasteiger partial charge in [0.2, 0.25) is 0 Å². The highest BCUT2D eigenvalue weighted by Gasteiger charge is 2.04. The van der Waals surface area contributed by atoms with Crippen molar-refractivity contribution >= 4 is 22.7 Å². The summed E-state index contributed by atoms with van der Waals surface area (Å²) in [4.78, 5) is 8.75. The van der Waals surface area contributed by atoms with E-state index in [1.165, 1.54) is 0 Å². The van der Waals surface area contributed by atoms with Gasteiger partial charge in [0.15, 0.2) is 11.6 Å². The van der Waals surface area contributed by atoms with E-state index in [4.69, 9.17) is 10.8 Å². The molecule has 96 valence electrons. The van der Waals surface area contributed by atoms with E-state index >= 15 is 0 Å². The number of nitrogens with zero attached hydrogens (tertiary/aromatic N) is 2. The van der Waals surface area contributed by atoms with Crippen molar-refractivity contribution in [3.8, 4) is 0 Å². The first kappa shape index (κ1) is 12.6. The normalized spacial score (nSPS) is 10.7. The van der Waals surface area contributed by atoms with E-state index in [-0.39, 0.29) is 6.61 Å². The lowest BCUT2D eigenvalue weighted by Gasteiger charge is -2.08. The summed E-state index contributed by atoms with van der Waals surface area (Å²) in [6, 6.07) is 7.65. The highest BCUT2D eigenvalue weighted by molar-refractivity contribution is 5.79. The SMILES string of the molecule is Nc1nc2ccccc2nc1NCCCCCO. The molecular formula is C13H18N4O. The predicted octanol–water partition coefficient (Wildman–Crippen LogP) is 1.79. The van der Waals surface area contributed by atoms with Crippen molar-refractivity contribution in [2.45, 2.75) is 19.3 Å². The number of fused-ring (bicyclic) bond motifs is 1. The predicted molar refractivity (Wildman–Crippen MR) is 73.4 cm³/mol. The largest absolute Gasteiger partial charge is 0.396 e. The molecule has 0 aliphatic rings. The number of para-hydroxylation sites is 2. The second-order valence-corrected chi connectivity index (χ2v) is 4.16. The first-order valence-corrected chi connectivity index (χ1v) is 6.18. The Labute approximate surface area is 106 Å². The molecule has 0 atom stereocenters. The van der Waals surface area contributed by atoms with E-state index in [2.05, 4.69) is 15.3 Å². The molecule has 2 aromatic rings. The molecule has 4 N–H and O–H groups in total. The third-order valence-corrected chi connectivity index (χ3v) is 2.72. The Bertz CT molecular complexity index is 515. The Balaban J connectivity index is 2.01. The maximum atomic E-state index is 8.68. The summed E-state index contributed by atoms with van der Waals surface area (Å²) in [6.07, 6.45) is 2.81. The molecular weight excluding hydrogens is 228 g/mol. The molecule has 1 aromatic heterocycles. The lowest BCUT2D eigenvalue weighted by molar-refractivity contribution is 0.283. The molecule has 2 rings (SSSR count). The van der Waals surface area contributed by atoms with Gasteiger partial charge in [-0.15, -0.1) is 0 Å². The van der Waals surface area contributed by atoms with Gasteiger partial charge in [-0.25, -0.2) is 9.97 Å². The van der Waals surface area contributed by atoms with Crippen LogP contribution in [0.2, 0.25) is 0 Å². The van der Waals surface area contributed by atoms with Crippen LogP contribution < -0.4 is 11.1 Å². The van der Waals surface area contributed by atoms with Crippen molar-refractivity contribution in [2.24, 2.45) is 0 Å². The molecule has 0 amide bonds. The zero-order valence-corrected chi connectivity index (χ0v) is 10.3. The monoisotopic (exact) mass is 246 g/mol. The average molecular weight is 246 g/mol. The number of aromatic nitrogens is 2. The van der Waals surface area contributed by atoms with Crippen molar-refractivity contribution in [1.82, 2.24) is 9.97 Å². The Morgan fingerprint density at radius 2 is 1.78 bits per heavy atom. The summed E-state index contributed by atoms with van der Waals surface area (Å²) in [6.45, 7) is 1.04. The number of hydrogen-bond acceptors (Lipinski definition) is 5. The van der Waals surface area contributed by atoms with Gasteiger partial charge < -0.3 is 16.2 Å². The van der Waals surface area contributed by atoms with E-state index in [0.29, 0.717) is 11.6 Å². The molecule has 5 heteroatoms. The van der Waals surface area contributed by atoms with Crippen LogP contribution in [0.3, 0.4) is 0 Å². The quantitative estimate of drug-likeness (QED) is 0.677. The summed E-state index contributed by atoms with van der Waals surface area (Å²) in [5, 5.41) is 11.9. The van der Waals surface area contributed by atoms with Crippen molar-refractivity contribution in [2.75, 3.05) is 24.2 Å². The molecule has 1 heterocycles. The lowest BCUT2D eigenvalue weighted by atomic mass is 10.2. The summed E-state index contributed by atoms with van der Waals surface area (Å²) in [5.74, 6) is 1.06. The minimum absolute atomic E-state index is 0.248. The van der Waals surface area contributed by atoms with Gasteiger partial charge in [0.25, 0.3) is 0 Å². The number of nitrogen functional groups attached to an aromatic ring is 1. The second-order valence-electron chi connectivity index (χ2n) is 4.16. The molecule has 0 saturated carbocycles. The van der Waals surface area contributed by atoms with Crippen molar-refractivity contribution in [3.63, 3.8) is 0 Å². The van der Waals surface area contributed by atoms with Gasteiger partial charge in [0.1, 0.15) is 0 Å². The van der Waals surface area contributed by atoms with Gasteiger partial charge >= 0.3 is 0 Å². The third kappa shape index (κ3) is 3.07. The van der Waals surface area contributed by atoms with E-state index in [0.717, 1.165) is 36.8 Å². The first-order chi connectivity index (χ1) is 8.81. The molecule has 5 nitrogen and oxygen atoms in total. The number of anilines is 2. The van der Waals surface area contributed by atoms with Crippen LogP contribution in [0.4, 0.5) is 11.6 Å². The fourth-order valence-electron chi connectivity index (χ4n) is 1.76. The minimum atomic E-state index is 0.248. The number of nitrogens with two attached hydrogens (primary N) is 1. The summed E-state index contributed by atoms with van der Waals surface area (Å²) in [7, 11) is 0. The van der Waals surface area contributed by atoms with Crippen LogP contribution in [-0.2, 0) is 0 Å². The number of rotatable bonds is 6. The standard InChI is InChI=1S/C13H18N4O/c14-12-13(15-8-4-1-5-9-18)17-11-7-3-2-6-10(11)16-12/h2-3,6-7,18H,1,4-5,8-9H2,(H2,14,16)(H,15,17). The van der Waals surface area contributed by atoms with Crippen molar-refractivity contribution < 1.29 is 5.11 Å². The van der Waals surface area contributed by atoms with Gasteiger partial charge in [0.05, 0.1) is 11.0 Å². The fraction of sp³-hybridized carbons (Fsp3) is 0.385. The van der Waals surface area contributed by atoms with Crippen molar-refractivity contribution in [3.05, 3.63) is 24.3 Å². The van der Waals surface area contributed by atoms with Gasteiger partial charge in [-0.1, -0.05) is 12.1 Å². The smallest absolute Gasteiger partial charge is 0.169 e. The molecule has 18 heavy (non-hydrogen) atoms. The molecule has 0 fully saturated rings. The summed E-state index contributed by atoms with van der Waals surface area (Å²) >= 11 is 0. The molecule has 1 aromatic carbocycles. The lowest BCUT2D eigenvalue weighted by Crippen LogP contribution is -2.08. The van der Waals surface area contributed by atoms with Crippen LogP contribution in [-0.4, -0.2) is 28.2 Å². The number of aliphatic hydroxyl groups is 1. The molecule has 0 bridgehead atoms. The van der Waals surface area contributed by atoms with Gasteiger partial charge in [0, 0.05) is 13.2 Å². The van der Waals surface area contributed by atoms with E-state index in [1.54, 1.807) is 0 Å². The Morgan fingerprint density at radius 1 is 1.06 bits per heavy atom. The number of benzene rings is 1. The molecule has 0 spiro atoms. The Morgan fingerprint density at radius 3 is 2.50 bits per heavy atom. The molecule has 0 aliphatic heterocycles. The minimum Gasteiger partial charge on any atom is -0.396 e. The maximum Gasteiger partial charge on any atom is 0.169 e. The van der Waals surface area contributed by atoms with Gasteiger partial charge in [-0.2, -0.15) is 0 Å². The van der Waals surface area contributed by atoms with Crippen LogP contribution in [0.5, 0.6) is 0 Å². The zero-order valence-electron chi connectivity index (χ0n) is 10.3. The maximum absolute atomic E-state index is 8.68. The number of aliphatic hydroxyl groups excluding tert-OH is 1. The van der Waals surface area contributed by atoms with Crippen LogP contribution in [0.15, 0.2) is 24.3 Å². The van der Waals surface area contributed by atoms with Gasteiger partial charge in [-0.05, 0) is 31.4 Å². The average Bonchev–Trinajstić information content (AvgIpc) is 2.39. The number of unbranched alkanes of at least 4 members (excludes halogenated alkanes) is 2. The molecule has 0 saturated heterocycles. The topological polar surface area (TPSA) is 84.1 Å². The molecule has 0 unspecified atom stereocenters. The van der Waals surface area contributed by atoms with E-state index in [9.17, 15) is 0 Å². The molecule has 0 aliphatic carbocycles. The second kappa shape index (κ2) is 6.16. The van der Waals surface area contributed by atoms with E-state index < -0.39 is 0 Å². The van der Waals surface area contributed by atoms with Crippen LogP contribution in [0.1, 0.15) is 19.3 Å². The number of nitrogens with one attached hydrogen (secondary N) is 1. The number of hydrogen-bond donors (Lipinski definition) is 3. The van der Waals surface area contributed by atoms with Crippen LogP contribution in [0.25, 0.3) is 11.0 Å². The fourth-order valence-corrected chi connectivity index (χ4v) is 1.76. The third-order valence-electron chi connectivity index (χ3n) is 2.72. The van der Waals surface area contributed by atoms with Crippen LogP contribution in [0, 0.1) is 0 Å². The van der Waals surface area contributed by atoms with Crippen molar-refractivity contribution in [1.29, 1.82) is 0 Å². The van der Waals surface area contributed by atoms with Gasteiger partial charge in [-0.3, -0.25) is 0 Å². The molecule has 0 radical (unpaired) electrons. The summed E-state index contributed by atoms with van der Waals surface area (Å²) in [5.41, 5.74) is 7.50. The Hall–Kier alpha value is -1.88. The summed E-state index contributed by atoms with van der Waals surface area (Å²) < 4.78 is 0. The highest BCUT2D eigenvalue weighted by atomic mass is 16.2. The van der Waals surface area contributed by atoms with Crippen LogP contribution >= 0.6 is 0 Å². The zero-order chi connectivity index (χ0) is 12.8.